The number of nitrogens with zero attached hydrogens (tertiary/aromatic N) is 1. The highest BCUT2D eigenvalue weighted by Crippen LogP contribution is 2.43. The largest absolute Gasteiger partial charge is 0.310 e. The molecule has 2 heteroatoms. The minimum atomic E-state index is -0.00908. The molecule has 0 N–H and O–H groups in total. The Morgan fingerprint density at radius 1 is 0.490 bits per heavy atom. The first-order chi connectivity index (χ1) is 24.0. The van der Waals surface area contributed by atoms with Gasteiger partial charge < -0.3 is 4.90 Å². The Morgan fingerprint density at radius 2 is 0.959 bits per heavy atom. The van der Waals surface area contributed by atoms with Gasteiger partial charge in [-0.3, -0.25) is 4.79 Å². The van der Waals surface area contributed by atoms with E-state index in [1.54, 1.807) is 0 Å². The Kier molecular flexibility index (Phi) is 8.86. The van der Waals surface area contributed by atoms with Crippen LogP contribution in [0.1, 0.15) is 32.6 Å². The predicted molar refractivity (Wildman–Crippen MR) is 207 cm³/mol. The van der Waals surface area contributed by atoms with Crippen LogP contribution < -0.4 is 4.90 Å². The molecule has 0 amide bonds. The van der Waals surface area contributed by atoms with Crippen molar-refractivity contribution in [3.8, 4) is 33.4 Å². The maximum Gasteiger partial charge on any atom is 0.193 e. The van der Waals surface area contributed by atoms with Crippen molar-refractivity contribution >= 4 is 28.9 Å². The lowest BCUT2D eigenvalue weighted by Crippen LogP contribution is -2.11. The average molecular weight is 632 g/mol. The summed E-state index contributed by atoms with van der Waals surface area (Å²) in [4.78, 5) is 15.9. The van der Waals surface area contributed by atoms with Crippen LogP contribution in [0.25, 0.3) is 39.5 Å². The summed E-state index contributed by atoms with van der Waals surface area (Å²) < 4.78 is 0. The van der Waals surface area contributed by atoms with E-state index in [0.717, 1.165) is 44.9 Å². The fourth-order valence-electron chi connectivity index (χ4n) is 6.29. The van der Waals surface area contributed by atoms with Gasteiger partial charge in [-0.1, -0.05) is 157 Å². The summed E-state index contributed by atoms with van der Waals surface area (Å²) in [5.41, 5.74) is 14.4. The molecule has 0 unspecified atom stereocenters. The molecule has 0 saturated carbocycles. The Labute approximate surface area is 289 Å². The lowest BCUT2D eigenvalue weighted by atomic mass is 9.92. The molecular weight excluding hydrogens is 595 g/mol. The van der Waals surface area contributed by atoms with E-state index < -0.39 is 0 Å². The molecule has 0 saturated heterocycles. The Morgan fingerprint density at radius 3 is 1.47 bits per heavy atom. The van der Waals surface area contributed by atoms with Gasteiger partial charge in [-0.05, 0) is 83.6 Å². The van der Waals surface area contributed by atoms with Gasteiger partial charge >= 0.3 is 0 Å². The minimum absolute atomic E-state index is 0.00908. The van der Waals surface area contributed by atoms with E-state index in [2.05, 4.69) is 147 Å². The Hall–Kier alpha value is -6.25. The van der Waals surface area contributed by atoms with Crippen molar-refractivity contribution < 1.29 is 4.79 Å². The molecule has 0 aliphatic rings. The molecular formula is C47H37NO. The van der Waals surface area contributed by atoms with Gasteiger partial charge in [0, 0.05) is 28.1 Å². The summed E-state index contributed by atoms with van der Waals surface area (Å²) in [6.07, 6.45) is 1.86. The second-order valence-corrected chi connectivity index (χ2v) is 12.4. The standard InChI is InChI=1S/C47H37NO/c1-4-35-22-23-41(47(49)40-10-6-5-7-11-40)32-45(35)44-12-8-9-13-46(44)48(42-28-24-38(25-29-42)36-18-14-33(2)15-19-36)43-30-26-39(27-31-43)37-20-16-34(3)17-21-37/h4-32H,1H2,2-3H3. The molecule has 49 heavy (non-hydrogen) atoms. The van der Waals surface area contributed by atoms with Gasteiger partial charge in [-0.25, -0.2) is 0 Å². The third-order valence-electron chi connectivity index (χ3n) is 9.03. The maximum atomic E-state index is 13.6. The molecule has 2 nitrogen and oxygen atoms in total. The van der Waals surface area contributed by atoms with Gasteiger partial charge in [0.2, 0.25) is 0 Å². The van der Waals surface area contributed by atoms with Crippen LogP contribution in [0.5, 0.6) is 0 Å². The number of hydrogen-bond acceptors (Lipinski definition) is 2. The molecule has 0 spiro atoms. The molecule has 0 aliphatic heterocycles. The highest BCUT2D eigenvalue weighted by atomic mass is 16.1. The van der Waals surface area contributed by atoms with E-state index in [-0.39, 0.29) is 5.78 Å². The molecule has 0 aliphatic carbocycles. The van der Waals surface area contributed by atoms with Gasteiger partial charge in [0.15, 0.2) is 5.78 Å². The molecule has 0 bridgehead atoms. The number of hydrogen-bond donors (Lipinski definition) is 0. The number of carbonyl (C=O) groups is 1. The van der Waals surface area contributed by atoms with Crippen molar-refractivity contribution in [2.75, 3.05) is 4.90 Å². The van der Waals surface area contributed by atoms with Crippen LogP contribution in [-0.4, -0.2) is 5.78 Å². The van der Waals surface area contributed by atoms with Crippen LogP contribution >= 0.6 is 0 Å². The van der Waals surface area contributed by atoms with Crippen molar-refractivity contribution in [2.45, 2.75) is 13.8 Å². The number of rotatable bonds is 9. The van der Waals surface area contributed by atoms with Crippen molar-refractivity contribution in [3.05, 3.63) is 204 Å². The molecule has 0 fully saturated rings. The molecule has 7 aromatic carbocycles. The van der Waals surface area contributed by atoms with Gasteiger partial charge in [0.1, 0.15) is 0 Å². The van der Waals surface area contributed by atoms with Crippen molar-refractivity contribution in [3.63, 3.8) is 0 Å². The monoisotopic (exact) mass is 631 g/mol. The lowest BCUT2D eigenvalue weighted by Gasteiger charge is -2.28. The number of benzene rings is 7. The maximum absolute atomic E-state index is 13.6. The fraction of sp³-hybridized carbons (Fsp3) is 0.0426. The number of ketones is 1. The number of aryl methyl sites for hydroxylation is 2. The molecule has 236 valence electrons. The van der Waals surface area contributed by atoms with Crippen molar-refractivity contribution in [1.29, 1.82) is 0 Å². The molecule has 0 atom stereocenters. The fourth-order valence-corrected chi connectivity index (χ4v) is 6.29. The van der Waals surface area contributed by atoms with E-state index >= 15 is 0 Å². The van der Waals surface area contributed by atoms with Crippen LogP contribution in [0.3, 0.4) is 0 Å². The second-order valence-electron chi connectivity index (χ2n) is 12.4. The molecule has 0 radical (unpaired) electrons. The van der Waals surface area contributed by atoms with Gasteiger partial charge in [-0.15, -0.1) is 0 Å². The first-order valence-electron chi connectivity index (χ1n) is 16.6. The Bertz CT molecular complexity index is 2140. The van der Waals surface area contributed by atoms with Crippen molar-refractivity contribution in [1.82, 2.24) is 0 Å². The SMILES string of the molecule is C=Cc1ccc(C(=O)c2ccccc2)cc1-c1ccccc1N(c1ccc(-c2ccc(C)cc2)cc1)c1ccc(-c2ccc(C)cc2)cc1. The normalized spacial score (nSPS) is 10.8. The zero-order valence-corrected chi connectivity index (χ0v) is 27.8. The number of para-hydroxylation sites is 1. The lowest BCUT2D eigenvalue weighted by molar-refractivity contribution is 0.103. The number of anilines is 3. The molecule has 0 aromatic heterocycles. The first-order valence-corrected chi connectivity index (χ1v) is 16.6. The third kappa shape index (κ3) is 6.63. The zero-order valence-electron chi connectivity index (χ0n) is 27.8. The van der Waals surface area contributed by atoms with Crippen LogP contribution in [0.2, 0.25) is 0 Å². The predicted octanol–water partition coefficient (Wildman–Crippen LogP) is 12.6. The van der Waals surface area contributed by atoms with Crippen molar-refractivity contribution in [2.24, 2.45) is 0 Å². The average Bonchev–Trinajstić information content (AvgIpc) is 3.16. The summed E-state index contributed by atoms with van der Waals surface area (Å²) in [6.45, 7) is 8.35. The summed E-state index contributed by atoms with van der Waals surface area (Å²) in [5.74, 6) is -0.00908. The minimum Gasteiger partial charge on any atom is -0.310 e. The summed E-state index contributed by atoms with van der Waals surface area (Å²) >= 11 is 0. The highest BCUT2D eigenvalue weighted by molar-refractivity contribution is 6.10. The van der Waals surface area contributed by atoms with E-state index in [1.807, 2.05) is 54.6 Å². The van der Waals surface area contributed by atoms with E-state index in [4.69, 9.17) is 0 Å². The molecule has 7 rings (SSSR count). The second kappa shape index (κ2) is 13.9. The number of carbonyl (C=O) groups excluding carboxylic acids is 1. The van der Waals surface area contributed by atoms with E-state index in [9.17, 15) is 4.79 Å². The van der Waals surface area contributed by atoms with E-state index in [0.29, 0.717) is 11.1 Å². The smallest absolute Gasteiger partial charge is 0.193 e. The first kappa shape index (κ1) is 31.4. The van der Waals surface area contributed by atoms with Gasteiger partial charge in [0.05, 0.1) is 5.69 Å². The van der Waals surface area contributed by atoms with Crippen LogP contribution in [-0.2, 0) is 0 Å². The summed E-state index contributed by atoms with van der Waals surface area (Å²) in [6, 6.07) is 58.5. The van der Waals surface area contributed by atoms with Crippen LogP contribution in [0.15, 0.2) is 176 Å². The summed E-state index contributed by atoms with van der Waals surface area (Å²) in [5, 5.41) is 0. The molecule has 7 aromatic rings. The molecule has 0 heterocycles. The van der Waals surface area contributed by atoms with Crippen LogP contribution in [0.4, 0.5) is 17.1 Å². The third-order valence-corrected chi connectivity index (χ3v) is 9.03. The van der Waals surface area contributed by atoms with Gasteiger partial charge in [-0.2, -0.15) is 0 Å². The van der Waals surface area contributed by atoms with E-state index in [1.165, 1.54) is 22.3 Å². The topological polar surface area (TPSA) is 20.3 Å². The Balaban J connectivity index is 1.36. The summed E-state index contributed by atoms with van der Waals surface area (Å²) in [7, 11) is 0. The quantitative estimate of drug-likeness (QED) is 0.148. The van der Waals surface area contributed by atoms with Crippen LogP contribution in [0, 0.1) is 13.8 Å². The van der Waals surface area contributed by atoms with Gasteiger partial charge in [0.25, 0.3) is 0 Å². The zero-order chi connectivity index (χ0) is 33.7. The highest BCUT2D eigenvalue weighted by Gasteiger charge is 2.20.